The van der Waals surface area contributed by atoms with E-state index in [-0.39, 0.29) is 31.5 Å². The number of benzene rings is 1. The number of aliphatic hydroxyl groups excluding tert-OH is 1. The zero-order valence-electron chi connectivity index (χ0n) is 21.5. The molecule has 0 saturated carbocycles. The maximum Gasteiger partial charge on any atom is 0.233 e. The van der Waals surface area contributed by atoms with Crippen LogP contribution in [0.1, 0.15) is 19.0 Å². The van der Waals surface area contributed by atoms with Gasteiger partial charge in [0.25, 0.3) is 0 Å². The van der Waals surface area contributed by atoms with Gasteiger partial charge in [0.1, 0.15) is 5.82 Å². The zero-order valence-corrected chi connectivity index (χ0v) is 21.5. The fourth-order valence-electron chi connectivity index (χ4n) is 4.54. The number of anilines is 1. The largest absolute Gasteiger partial charge is 0.395 e. The van der Waals surface area contributed by atoms with Crippen LogP contribution in [0.15, 0.2) is 36.5 Å². The molecule has 0 aliphatic carbocycles. The molecule has 2 aliphatic rings. The molecule has 2 fully saturated rings. The van der Waals surface area contributed by atoms with Crippen molar-refractivity contribution in [3.8, 4) is 22.6 Å². The lowest BCUT2D eigenvalue weighted by Gasteiger charge is -2.41. The summed E-state index contributed by atoms with van der Waals surface area (Å²) >= 11 is 0. The van der Waals surface area contributed by atoms with E-state index in [0.29, 0.717) is 54.1 Å². The van der Waals surface area contributed by atoms with Gasteiger partial charge >= 0.3 is 0 Å². The van der Waals surface area contributed by atoms with Crippen molar-refractivity contribution in [3.05, 3.63) is 48.2 Å². The molecule has 4 heterocycles. The number of rotatable bonds is 7. The maximum absolute atomic E-state index is 13.6. The first-order chi connectivity index (χ1) is 18.4. The molecule has 5 rings (SSSR count). The number of nitrogens with zero attached hydrogens (tertiary/aromatic N) is 5. The second-order valence-corrected chi connectivity index (χ2v) is 9.88. The minimum atomic E-state index is -0.815. The van der Waals surface area contributed by atoms with Crippen LogP contribution >= 0.6 is 0 Å². The van der Waals surface area contributed by atoms with Gasteiger partial charge in [0.05, 0.1) is 42.3 Å². The third-order valence-electron chi connectivity index (χ3n) is 6.78. The molecule has 3 N–H and O–H groups in total. The molecule has 0 radical (unpaired) electrons. The Bertz CT molecular complexity index is 1250. The Morgan fingerprint density at radius 1 is 1.16 bits per heavy atom. The molecule has 2 aliphatic heterocycles. The molecule has 202 valence electrons. The number of likely N-dealkylation sites (N-methyl/N-ethyl adjacent to an activating group) is 1. The number of ether oxygens (including phenoxy) is 2. The summed E-state index contributed by atoms with van der Waals surface area (Å²) in [6, 6.07) is 7.73. The highest BCUT2D eigenvalue weighted by atomic mass is 19.1. The smallest absolute Gasteiger partial charge is 0.233 e. The van der Waals surface area contributed by atoms with Crippen LogP contribution in [-0.2, 0) is 14.3 Å². The average Bonchev–Trinajstić information content (AvgIpc) is 3.38. The summed E-state index contributed by atoms with van der Waals surface area (Å²) in [5, 5.41) is 12.1. The zero-order chi connectivity index (χ0) is 26.7. The molecule has 2 aromatic heterocycles. The van der Waals surface area contributed by atoms with Gasteiger partial charge in [-0.25, -0.2) is 19.3 Å². The Morgan fingerprint density at radius 2 is 1.87 bits per heavy atom. The van der Waals surface area contributed by atoms with E-state index in [4.69, 9.17) is 19.6 Å². The van der Waals surface area contributed by atoms with E-state index in [2.05, 4.69) is 25.2 Å². The van der Waals surface area contributed by atoms with Crippen LogP contribution in [0.25, 0.3) is 22.6 Å². The maximum atomic E-state index is 13.6. The van der Waals surface area contributed by atoms with E-state index in [1.165, 1.54) is 12.1 Å². The molecular weight excluding hydrogens is 493 g/mol. The molecular formula is C26H32FN7O4. The van der Waals surface area contributed by atoms with E-state index in [1.54, 1.807) is 24.4 Å². The van der Waals surface area contributed by atoms with Crippen LogP contribution in [0.2, 0.25) is 0 Å². The molecule has 0 spiro atoms. The summed E-state index contributed by atoms with van der Waals surface area (Å²) in [6.45, 7) is 5.54. The van der Waals surface area contributed by atoms with Gasteiger partial charge in [0.2, 0.25) is 18.1 Å². The molecule has 0 unspecified atom stereocenters. The quantitative estimate of drug-likeness (QED) is 0.424. The Labute approximate surface area is 220 Å². The predicted molar refractivity (Wildman–Crippen MR) is 137 cm³/mol. The van der Waals surface area contributed by atoms with Gasteiger partial charge in [0.15, 0.2) is 5.82 Å². The second kappa shape index (κ2) is 11.1. The Balaban J connectivity index is 1.39. The van der Waals surface area contributed by atoms with Crippen molar-refractivity contribution in [2.45, 2.75) is 13.2 Å². The van der Waals surface area contributed by atoms with Crippen LogP contribution in [-0.4, -0.2) is 100 Å². The number of carbonyl (C=O) groups is 1. The standard InChI is InChI=1S/C26H32FN7O4/c1-26(24(36)34-12-10-33(2)11-13-34)15-37-23(38-16-26)22-31-20(17-3-5-18(27)6-4-17)21(32-22)19-7-8-28-25(30-19)29-9-14-35/h3-8,23,35H,9-16H2,1-2H3,(H,31,32)(H,28,29,30). The van der Waals surface area contributed by atoms with Crippen molar-refractivity contribution in [3.63, 3.8) is 0 Å². The van der Waals surface area contributed by atoms with Gasteiger partial charge in [-0.05, 0) is 44.3 Å². The number of halogens is 1. The second-order valence-electron chi connectivity index (χ2n) is 9.88. The Hall–Kier alpha value is -3.45. The SMILES string of the molecule is CN1CCN(C(=O)C2(C)COC(c3nc(-c4ccc(F)cc4)c(-c4ccnc(NCCO)n4)[nH]3)OC2)CC1. The van der Waals surface area contributed by atoms with Crippen molar-refractivity contribution >= 4 is 11.9 Å². The van der Waals surface area contributed by atoms with E-state index >= 15 is 0 Å². The number of piperazine rings is 1. The molecule has 38 heavy (non-hydrogen) atoms. The highest BCUT2D eigenvalue weighted by molar-refractivity contribution is 5.83. The number of nitrogens with one attached hydrogen (secondary N) is 2. The van der Waals surface area contributed by atoms with Gasteiger partial charge in [-0.15, -0.1) is 0 Å². The Morgan fingerprint density at radius 3 is 2.55 bits per heavy atom. The van der Waals surface area contributed by atoms with E-state index in [1.807, 2.05) is 18.9 Å². The molecule has 1 aromatic carbocycles. The van der Waals surface area contributed by atoms with E-state index in [0.717, 1.165) is 13.1 Å². The monoisotopic (exact) mass is 525 g/mol. The summed E-state index contributed by atoms with van der Waals surface area (Å²) in [7, 11) is 2.05. The third-order valence-corrected chi connectivity index (χ3v) is 6.78. The van der Waals surface area contributed by atoms with Crippen LogP contribution < -0.4 is 5.32 Å². The highest BCUT2D eigenvalue weighted by Crippen LogP contribution is 2.36. The molecule has 1 amide bonds. The lowest BCUT2D eigenvalue weighted by molar-refractivity contribution is -0.234. The predicted octanol–water partition coefficient (Wildman–Crippen LogP) is 1.90. The summed E-state index contributed by atoms with van der Waals surface area (Å²) in [5.41, 5.74) is 1.56. The van der Waals surface area contributed by atoms with Crippen LogP contribution in [0.3, 0.4) is 0 Å². The first kappa shape index (κ1) is 26.2. The van der Waals surface area contributed by atoms with Crippen molar-refractivity contribution in [2.24, 2.45) is 5.41 Å². The number of hydrogen-bond donors (Lipinski definition) is 3. The van der Waals surface area contributed by atoms with Crippen molar-refractivity contribution in [1.82, 2.24) is 29.7 Å². The van der Waals surface area contributed by atoms with Crippen molar-refractivity contribution in [2.75, 3.05) is 64.9 Å². The highest BCUT2D eigenvalue weighted by Gasteiger charge is 2.43. The fourth-order valence-corrected chi connectivity index (χ4v) is 4.54. The van der Waals surface area contributed by atoms with Gasteiger partial charge in [-0.1, -0.05) is 0 Å². The molecule has 0 atom stereocenters. The minimum Gasteiger partial charge on any atom is -0.395 e. The van der Waals surface area contributed by atoms with Gasteiger partial charge in [-0.2, -0.15) is 0 Å². The molecule has 2 saturated heterocycles. The van der Waals surface area contributed by atoms with Crippen LogP contribution in [0.4, 0.5) is 10.3 Å². The van der Waals surface area contributed by atoms with E-state index < -0.39 is 11.7 Å². The number of amides is 1. The third kappa shape index (κ3) is 5.53. The first-order valence-corrected chi connectivity index (χ1v) is 12.6. The number of carbonyl (C=O) groups excluding carboxylic acids is 1. The van der Waals surface area contributed by atoms with Gasteiger partial charge in [-0.3, -0.25) is 4.79 Å². The van der Waals surface area contributed by atoms with Crippen molar-refractivity contribution in [1.29, 1.82) is 0 Å². The minimum absolute atomic E-state index is 0.0279. The Kier molecular flexibility index (Phi) is 7.65. The van der Waals surface area contributed by atoms with Gasteiger partial charge in [0, 0.05) is 44.5 Å². The van der Waals surface area contributed by atoms with Crippen LogP contribution in [0, 0.1) is 11.2 Å². The summed E-state index contributed by atoms with van der Waals surface area (Å²) < 4.78 is 25.7. The van der Waals surface area contributed by atoms with Gasteiger partial charge < -0.3 is 34.7 Å². The number of aromatic amines is 1. The number of aliphatic hydroxyl groups is 1. The lowest BCUT2D eigenvalue weighted by atomic mass is 9.90. The molecule has 11 nitrogen and oxygen atoms in total. The van der Waals surface area contributed by atoms with Crippen LogP contribution in [0.5, 0.6) is 0 Å². The van der Waals surface area contributed by atoms with E-state index in [9.17, 15) is 9.18 Å². The summed E-state index contributed by atoms with van der Waals surface area (Å²) in [5.74, 6) is 0.435. The van der Waals surface area contributed by atoms with Crippen molar-refractivity contribution < 1.29 is 23.8 Å². The molecule has 0 bridgehead atoms. The first-order valence-electron chi connectivity index (χ1n) is 12.6. The average molecular weight is 526 g/mol. The number of hydrogen-bond acceptors (Lipinski definition) is 9. The molecule has 3 aromatic rings. The summed E-state index contributed by atoms with van der Waals surface area (Å²) in [6.07, 6.45) is 0.783. The number of imidazole rings is 1. The summed E-state index contributed by atoms with van der Waals surface area (Å²) in [4.78, 5) is 34.0. The topological polar surface area (TPSA) is 129 Å². The molecule has 12 heteroatoms. The number of aromatic nitrogens is 4. The fraction of sp³-hybridized carbons (Fsp3) is 0.462. The normalized spacial score (nSPS) is 22.4. The number of H-pyrrole nitrogens is 1. The lowest BCUT2D eigenvalue weighted by Crippen LogP contribution is -2.55.